The Morgan fingerprint density at radius 3 is 2.41 bits per heavy atom. The van der Waals surface area contributed by atoms with Gasteiger partial charge in [0.05, 0.1) is 13.2 Å². The van der Waals surface area contributed by atoms with Crippen molar-refractivity contribution in [2.24, 2.45) is 0 Å². The van der Waals surface area contributed by atoms with Gasteiger partial charge >= 0.3 is 0 Å². The maximum atomic E-state index is 6.21. The molecule has 0 amide bonds. The van der Waals surface area contributed by atoms with Gasteiger partial charge in [-0.3, -0.25) is 0 Å². The van der Waals surface area contributed by atoms with Crippen molar-refractivity contribution in [3.8, 4) is 33.1 Å². The molecule has 0 bridgehead atoms. The number of nitrogens with zero attached hydrogens (tertiary/aromatic N) is 1. The van der Waals surface area contributed by atoms with Gasteiger partial charge in [-0.15, -0.1) is 11.3 Å². The highest BCUT2D eigenvalue weighted by atomic mass is 32.1. The van der Waals surface area contributed by atoms with E-state index in [1.807, 2.05) is 35.6 Å². The molecule has 0 N–H and O–H groups in total. The molecule has 3 aromatic rings. The number of para-hydroxylation sites is 2. The number of thiophene rings is 1. The van der Waals surface area contributed by atoms with E-state index in [1.54, 1.807) is 0 Å². The summed E-state index contributed by atoms with van der Waals surface area (Å²) < 4.78 is 12.2. The lowest BCUT2D eigenvalue weighted by molar-refractivity contribution is 0.101. The third-order valence-corrected chi connectivity index (χ3v) is 6.45. The summed E-state index contributed by atoms with van der Waals surface area (Å²) in [5, 5.41) is 0. The van der Waals surface area contributed by atoms with Crippen LogP contribution in [0.5, 0.6) is 11.5 Å². The highest BCUT2D eigenvalue weighted by Gasteiger charge is 2.23. The zero-order valence-corrected chi connectivity index (χ0v) is 16.1. The fraction of sp³-hybridized carbons (Fsp3) is 0.304. The molecule has 0 radical (unpaired) electrons. The summed E-state index contributed by atoms with van der Waals surface area (Å²) in [5.74, 6) is 1.84. The van der Waals surface area contributed by atoms with Crippen LogP contribution in [0.15, 0.2) is 54.6 Å². The maximum Gasteiger partial charge on any atom is 0.136 e. The molecule has 1 fully saturated rings. The second kappa shape index (κ2) is 7.47. The topological polar surface area (TPSA) is 21.7 Å². The zero-order chi connectivity index (χ0) is 18.1. The van der Waals surface area contributed by atoms with Crippen LogP contribution < -0.4 is 4.74 Å². The Kier molecular flexibility index (Phi) is 4.70. The molecule has 27 heavy (non-hydrogen) atoms. The van der Waals surface area contributed by atoms with Crippen LogP contribution in [-0.4, -0.2) is 31.1 Å². The lowest BCUT2D eigenvalue weighted by atomic mass is 10.0. The Bertz CT molecular complexity index is 880. The maximum absolute atomic E-state index is 6.21. The first kappa shape index (κ1) is 17.0. The van der Waals surface area contributed by atoms with Gasteiger partial charge in [0.1, 0.15) is 11.5 Å². The van der Waals surface area contributed by atoms with Gasteiger partial charge in [0.15, 0.2) is 0 Å². The molecular formula is C23H23NO2S. The van der Waals surface area contributed by atoms with Crippen molar-refractivity contribution in [2.45, 2.75) is 19.4 Å². The summed E-state index contributed by atoms with van der Waals surface area (Å²) in [4.78, 5) is 5.04. The van der Waals surface area contributed by atoms with E-state index in [9.17, 15) is 0 Å². The predicted octanol–water partition coefficient (Wildman–Crippen LogP) is 5.80. The molecule has 3 heterocycles. The average Bonchev–Trinajstić information content (AvgIpc) is 3.34. The van der Waals surface area contributed by atoms with Gasteiger partial charge in [0.2, 0.25) is 0 Å². The minimum absolute atomic E-state index is 0.677. The molecule has 2 aliphatic rings. The highest BCUT2D eigenvalue weighted by Crippen LogP contribution is 2.49. The monoisotopic (exact) mass is 377 g/mol. The fourth-order valence-corrected chi connectivity index (χ4v) is 5.06. The molecule has 0 spiro atoms. The van der Waals surface area contributed by atoms with Crippen LogP contribution in [0.3, 0.4) is 0 Å². The van der Waals surface area contributed by atoms with Crippen LogP contribution >= 0.6 is 11.3 Å². The zero-order valence-electron chi connectivity index (χ0n) is 15.3. The smallest absolute Gasteiger partial charge is 0.136 e. The molecule has 5 rings (SSSR count). The van der Waals surface area contributed by atoms with Crippen LogP contribution in [-0.2, 0) is 11.3 Å². The van der Waals surface area contributed by atoms with E-state index in [0.29, 0.717) is 6.61 Å². The van der Waals surface area contributed by atoms with Gasteiger partial charge in [-0.05, 0) is 50.2 Å². The van der Waals surface area contributed by atoms with Gasteiger partial charge in [-0.2, -0.15) is 0 Å². The Morgan fingerprint density at radius 1 is 0.889 bits per heavy atom. The molecule has 2 aliphatic heterocycles. The molecule has 2 aromatic carbocycles. The van der Waals surface area contributed by atoms with Crippen molar-refractivity contribution >= 4 is 11.3 Å². The summed E-state index contributed by atoms with van der Waals surface area (Å²) in [7, 11) is 0. The number of likely N-dealkylation sites (tertiary alicyclic amines) is 1. The quantitative estimate of drug-likeness (QED) is 0.410. The van der Waals surface area contributed by atoms with E-state index in [-0.39, 0.29) is 0 Å². The van der Waals surface area contributed by atoms with Crippen LogP contribution in [0, 0.1) is 0 Å². The highest BCUT2D eigenvalue weighted by molar-refractivity contribution is 7.16. The van der Waals surface area contributed by atoms with Gasteiger partial charge in [-0.1, -0.05) is 30.3 Å². The summed E-state index contributed by atoms with van der Waals surface area (Å²) >= 11 is 1.82. The Morgan fingerprint density at radius 2 is 1.59 bits per heavy atom. The first-order valence-electron chi connectivity index (χ1n) is 9.68. The van der Waals surface area contributed by atoms with Crippen LogP contribution in [0.4, 0.5) is 0 Å². The Balaban J connectivity index is 1.40. The average molecular weight is 378 g/mol. The second-order valence-corrected chi connectivity index (χ2v) is 8.29. The van der Waals surface area contributed by atoms with Crippen LogP contribution in [0.25, 0.3) is 21.6 Å². The van der Waals surface area contributed by atoms with Crippen molar-refractivity contribution < 1.29 is 9.47 Å². The first-order valence-corrected chi connectivity index (χ1v) is 10.5. The minimum Gasteiger partial charge on any atom is -0.456 e. The fourth-order valence-electron chi connectivity index (χ4n) is 3.93. The van der Waals surface area contributed by atoms with E-state index in [0.717, 1.165) is 35.8 Å². The molecule has 1 aromatic heterocycles. The van der Waals surface area contributed by atoms with E-state index in [4.69, 9.17) is 9.47 Å². The van der Waals surface area contributed by atoms with Gasteiger partial charge in [-0.25, -0.2) is 0 Å². The number of fused-ring (bicyclic) bond motifs is 5. The molecule has 0 unspecified atom stereocenters. The molecule has 0 atom stereocenters. The van der Waals surface area contributed by atoms with Crippen LogP contribution in [0.2, 0.25) is 0 Å². The number of hydrogen-bond donors (Lipinski definition) is 0. The SMILES string of the molecule is c1ccc2c(c1)Oc1ccccc1-c1sc(COCCN3CCCC3)cc1-2. The van der Waals surface area contributed by atoms with Crippen LogP contribution in [0.1, 0.15) is 17.7 Å². The summed E-state index contributed by atoms with van der Waals surface area (Å²) in [6.45, 7) is 4.98. The molecule has 1 saturated heterocycles. The second-order valence-electron chi connectivity index (χ2n) is 7.15. The summed E-state index contributed by atoms with van der Waals surface area (Å²) in [6.07, 6.45) is 2.66. The number of ether oxygens (including phenoxy) is 2. The molecule has 4 heteroatoms. The molecule has 0 saturated carbocycles. The van der Waals surface area contributed by atoms with Gasteiger partial charge in [0.25, 0.3) is 0 Å². The Hall–Kier alpha value is -2.14. The molecular weight excluding hydrogens is 354 g/mol. The minimum atomic E-state index is 0.677. The standard InChI is InChI=1S/C23H23NO2S/c1-3-9-21-18(7-1)20-15-17(16-25-14-13-24-11-5-6-12-24)27-23(20)19-8-2-4-10-22(19)26-21/h1-4,7-10,15H,5-6,11-14,16H2. The predicted molar refractivity (Wildman–Crippen MR) is 111 cm³/mol. The first-order chi connectivity index (χ1) is 13.4. The molecule has 138 valence electrons. The number of benzene rings is 2. The molecule has 0 aliphatic carbocycles. The van der Waals surface area contributed by atoms with E-state index in [2.05, 4.69) is 35.2 Å². The van der Waals surface area contributed by atoms with E-state index >= 15 is 0 Å². The largest absolute Gasteiger partial charge is 0.456 e. The van der Waals surface area contributed by atoms with Crippen molar-refractivity contribution in [3.05, 3.63) is 59.5 Å². The third kappa shape index (κ3) is 3.41. The summed E-state index contributed by atoms with van der Waals surface area (Å²) in [5.41, 5.74) is 3.57. The van der Waals surface area contributed by atoms with Crippen molar-refractivity contribution in [1.82, 2.24) is 4.90 Å². The van der Waals surface area contributed by atoms with Gasteiger partial charge in [0, 0.05) is 33.0 Å². The lowest BCUT2D eigenvalue weighted by Gasteiger charge is -2.13. The third-order valence-electron chi connectivity index (χ3n) is 5.31. The van der Waals surface area contributed by atoms with Gasteiger partial charge < -0.3 is 14.4 Å². The van der Waals surface area contributed by atoms with E-state index < -0.39 is 0 Å². The van der Waals surface area contributed by atoms with Crippen molar-refractivity contribution in [2.75, 3.05) is 26.2 Å². The normalized spacial score (nSPS) is 15.6. The number of hydrogen-bond acceptors (Lipinski definition) is 4. The molecule has 3 nitrogen and oxygen atoms in total. The lowest BCUT2D eigenvalue weighted by Crippen LogP contribution is -2.23. The van der Waals surface area contributed by atoms with Crippen molar-refractivity contribution in [1.29, 1.82) is 0 Å². The summed E-state index contributed by atoms with van der Waals surface area (Å²) in [6, 6.07) is 18.9. The Labute approximate surface area is 164 Å². The number of rotatable bonds is 5. The van der Waals surface area contributed by atoms with Crippen molar-refractivity contribution in [3.63, 3.8) is 0 Å². The van der Waals surface area contributed by atoms with E-state index in [1.165, 1.54) is 41.2 Å².